The van der Waals surface area contributed by atoms with Gasteiger partial charge in [-0.05, 0) is 48.7 Å². The van der Waals surface area contributed by atoms with Crippen molar-refractivity contribution in [3.05, 3.63) is 84.3 Å². The van der Waals surface area contributed by atoms with Crippen LogP contribution in [-0.2, 0) is 0 Å². The van der Waals surface area contributed by atoms with E-state index in [1.54, 1.807) is 0 Å². The van der Waals surface area contributed by atoms with Crippen LogP contribution in [-0.4, -0.2) is 15.0 Å². The van der Waals surface area contributed by atoms with Crippen molar-refractivity contribution in [2.75, 3.05) is 0 Å². The van der Waals surface area contributed by atoms with Crippen molar-refractivity contribution < 1.29 is 0 Å². The summed E-state index contributed by atoms with van der Waals surface area (Å²) in [5.41, 5.74) is 8.52. The topological polar surface area (TPSA) is 41.6 Å². The Morgan fingerprint density at radius 1 is 0.962 bits per heavy atom. The van der Waals surface area contributed by atoms with Crippen LogP contribution in [0.5, 0.6) is 0 Å². The summed E-state index contributed by atoms with van der Waals surface area (Å²) in [6, 6.07) is 14.6. The molecule has 5 rings (SSSR count). The van der Waals surface area contributed by atoms with E-state index in [2.05, 4.69) is 70.4 Å². The highest BCUT2D eigenvalue weighted by Crippen LogP contribution is 2.43. The van der Waals surface area contributed by atoms with Crippen molar-refractivity contribution in [1.82, 2.24) is 15.0 Å². The van der Waals surface area contributed by atoms with Gasteiger partial charge in [-0.1, -0.05) is 30.4 Å². The SMILES string of the molecule is Cc1c(-c2ccnc3ccccc23)[nH]c(-c2ccncc2)c1C1C=CC1. The zero-order chi connectivity index (χ0) is 17.5. The van der Waals surface area contributed by atoms with Crippen LogP contribution in [0, 0.1) is 6.92 Å². The lowest BCUT2D eigenvalue weighted by molar-refractivity contribution is 0.791. The molecule has 0 spiro atoms. The third kappa shape index (κ3) is 2.28. The van der Waals surface area contributed by atoms with E-state index in [1.165, 1.54) is 39.0 Å². The van der Waals surface area contributed by atoms with Gasteiger partial charge >= 0.3 is 0 Å². The standard InChI is InChI=1S/C23H19N3/c1-15-21(16-5-4-6-16)23(17-9-12-24-13-10-17)26-22(15)19-11-14-25-20-8-3-2-7-18(19)20/h2-5,7-14,16,26H,6H2,1H3. The van der Waals surface area contributed by atoms with Crippen LogP contribution in [0.1, 0.15) is 23.5 Å². The molecule has 3 heteroatoms. The van der Waals surface area contributed by atoms with Crippen molar-refractivity contribution in [2.45, 2.75) is 19.3 Å². The fraction of sp³-hybridized carbons (Fsp3) is 0.130. The molecule has 3 nitrogen and oxygen atoms in total. The molecule has 126 valence electrons. The molecule has 1 aromatic carbocycles. The minimum absolute atomic E-state index is 0.483. The van der Waals surface area contributed by atoms with E-state index in [0.29, 0.717) is 5.92 Å². The van der Waals surface area contributed by atoms with E-state index in [0.717, 1.165) is 11.9 Å². The predicted molar refractivity (Wildman–Crippen MR) is 106 cm³/mol. The van der Waals surface area contributed by atoms with Gasteiger partial charge in [0.1, 0.15) is 0 Å². The first-order valence-corrected chi connectivity index (χ1v) is 8.96. The zero-order valence-corrected chi connectivity index (χ0v) is 14.6. The average Bonchev–Trinajstić information content (AvgIpc) is 2.98. The highest BCUT2D eigenvalue weighted by molar-refractivity contribution is 5.95. The van der Waals surface area contributed by atoms with Crippen LogP contribution in [0.4, 0.5) is 0 Å². The zero-order valence-electron chi connectivity index (χ0n) is 14.6. The molecule has 1 N–H and O–H groups in total. The maximum absolute atomic E-state index is 4.51. The lowest BCUT2D eigenvalue weighted by Gasteiger charge is -2.20. The van der Waals surface area contributed by atoms with E-state index >= 15 is 0 Å². The first-order valence-electron chi connectivity index (χ1n) is 8.96. The number of rotatable bonds is 3. The molecular formula is C23H19N3. The number of pyridine rings is 2. The van der Waals surface area contributed by atoms with Gasteiger partial charge < -0.3 is 4.98 Å². The number of hydrogen-bond donors (Lipinski definition) is 1. The quantitative estimate of drug-likeness (QED) is 0.491. The molecule has 3 aromatic heterocycles. The fourth-order valence-electron chi connectivity index (χ4n) is 3.89. The average molecular weight is 337 g/mol. The second-order valence-electron chi connectivity index (χ2n) is 6.80. The van der Waals surface area contributed by atoms with Gasteiger partial charge in [-0.2, -0.15) is 0 Å². The summed E-state index contributed by atoms with van der Waals surface area (Å²) in [6.45, 7) is 2.23. The van der Waals surface area contributed by atoms with Gasteiger partial charge in [-0.15, -0.1) is 0 Å². The van der Waals surface area contributed by atoms with Gasteiger partial charge in [0.25, 0.3) is 0 Å². The molecule has 0 radical (unpaired) electrons. The monoisotopic (exact) mass is 337 g/mol. The first-order chi connectivity index (χ1) is 12.8. The fourth-order valence-corrected chi connectivity index (χ4v) is 3.89. The van der Waals surface area contributed by atoms with E-state index < -0.39 is 0 Å². The molecule has 26 heavy (non-hydrogen) atoms. The molecule has 0 aliphatic heterocycles. The largest absolute Gasteiger partial charge is 0.354 e. The summed E-state index contributed by atoms with van der Waals surface area (Å²) < 4.78 is 0. The van der Waals surface area contributed by atoms with Gasteiger partial charge in [0.2, 0.25) is 0 Å². The Kier molecular flexibility index (Phi) is 3.45. The van der Waals surface area contributed by atoms with Crippen molar-refractivity contribution in [3.8, 4) is 22.5 Å². The second-order valence-corrected chi connectivity index (χ2v) is 6.80. The van der Waals surface area contributed by atoms with Crippen LogP contribution in [0.15, 0.2) is 73.2 Å². The maximum Gasteiger partial charge on any atom is 0.0708 e. The molecule has 1 unspecified atom stereocenters. The summed E-state index contributed by atoms with van der Waals surface area (Å²) in [5, 5.41) is 1.18. The van der Waals surface area contributed by atoms with Gasteiger partial charge in [0, 0.05) is 46.7 Å². The summed E-state index contributed by atoms with van der Waals surface area (Å²) >= 11 is 0. The Balaban J connectivity index is 1.78. The molecular weight excluding hydrogens is 318 g/mol. The van der Waals surface area contributed by atoms with Gasteiger partial charge in [-0.3, -0.25) is 9.97 Å². The molecule has 3 heterocycles. The molecule has 4 aromatic rings. The van der Waals surface area contributed by atoms with E-state index in [1.807, 2.05) is 24.7 Å². The number of nitrogens with zero attached hydrogens (tertiary/aromatic N) is 2. The van der Waals surface area contributed by atoms with E-state index in [9.17, 15) is 0 Å². The summed E-state index contributed by atoms with van der Waals surface area (Å²) in [7, 11) is 0. The summed E-state index contributed by atoms with van der Waals surface area (Å²) in [4.78, 5) is 12.4. The number of allylic oxidation sites excluding steroid dienone is 2. The summed E-state index contributed by atoms with van der Waals surface area (Å²) in [5.74, 6) is 0.483. The summed E-state index contributed by atoms with van der Waals surface area (Å²) in [6.07, 6.45) is 11.3. The minimum Gasteiger partial charge on any atom is -0.354 e. The van der Waals surface area contributed by atoms with Crippen LogP contribution in [0.2, 0.25) is 0 Å². The van der Waals surface area contributed by atoms with Crippen LogP contribution < -0.4 is 0 Å². The maximum atomic E-state index is 4.51. The van der Waals surface area contributed by atoms with Crippen molar-refractivity contribution in [1.29, 1.82) is 0 Å². The number of H-pyrrole nitrogens is 1. The number of para-hydroxylation sites is 1. The van der Waals surface area contributed by atoms with Crippen molar-refractivity contribution in [2.24, 2.45) is 0 Å². The van der Waals surface area contributed by atoms with Crippen molar-refractivity contribution in [3.63, 3.8) is 0 Å². The van der Waals surface area contributed by atoms with Gasteiger partial charge in [-0.25, -0.2) is 0 Å². The highest BCUT2D eigenvalue weighted by Gasteiger charge is 2.25. The Labute approximate surface area is 152 Å². The number of aromatic amines is 1. The molecule has 0 fully saturated rings. The normalized spacial score (nSPS) is 16.0. The lowest BCUT2D eigenvalue weighted by Crippen LogP contribution is -2.03. The Hall–Kier alpha value is -3.20. The first kappa shape index (κ1) is 15.1. The van der Waals surface area contributed by atoms with Crippen LogP contribution in [0.3, 0.4) is 0 Å². The molecule has 0 bridgehead atoms. The van der Waals surface area contributed by atoms with Gasteiger partial charge in [0.15, 0.2) is 0 Å². The minimum atomic E-state index is 0.483. The lowest BCUT2D eigenvalue weighted by atomic mass is 9.84. The number of hydrogen-bond acceptors (Lipinski definition) is 2. The third-order valence-electron chi connectivity index (χ3n) is 5.31. The molecule has 1 aliphatic carbocycles. The molecule has 0 amide bonds. The van der Waals surface area contributed by atoms with E-state index in [4.69, 9.17) is 0 Å². The third-order valence-corrected chi connectivity index (χ3v) is 5.31. The van der Waals surface area contributed by atoms with Crippen molar-refractivity contribution >= 4 is 10.9 Å². The molecule has 0 saturated carbocycles. The number of benzene rings is 1. The molecule has 0 saturated heterocycles. The Bertz CT molecular complexity index is 1120. The smallest absolute Gasteiger partial charge is 0.0708 e. The van der Waals surface area contributed by atoms with Gasteiger partial charge in [0.05, 0.1) is 11.2 Å². The number of aromatic nitrogens is 3. The second kappa shape index (κ2) is 5.95. The van der Waals surface area contributed by atoms with E-state index in [-0.39, 0.29) is 0 Å². The highest BCUT2D eigenvalue weighted by atomic mass is 14.8. The van der Waals surface area contributed by atoms with Crippen LogP contribution >= 0.6 is 0 Å². The number of nitrogens with one attached hydrogen (secondary N) is 1. The Morgan fingerprint density at radius 3 is 2.54 bits per heavy atom. The molecule has 1 atom stereocenters. The molecule has 1 aliphatic rings. The Morgan fingerprint density at radius 2 is 1.77 bits per heavy atom. The number of fused-ring (bicyclic) bond motifs is 1. The predicted octanol–water partition coefficient (Wildman–Crippen LogP) is 5.64. The van der Waals surface area contributed by atoms with Crippen LogP contribution in [0.25, 0.3) is 33.4 Å².